The summed E-state index contributed by atoms with van der Waals surface area (Å²) < 4.78 is 34.2. The maximum absolute atomic E-state index is 12.8. The number of carbonyl (C=O) groups excluding carboxylic acids is 1. The van der Waals surface area contributed by atoms with Gasteiger partial charge < -0.3 is 10.1 Å². The van der Waals surface area contributed by atoms with E-state index in [-0.39, 0.29) is 10.8 Å². The highest BCUT2D eigenvalue weighted by Crippen LogP contribution is 2.21. The Labute approximate surface area is 166 Å². The molecule has 1 atom stereocenters. The highest BCUT2D eigenvalue weighted by atomic mass is 32.2. The number of sulfonamides is 1. The van der Waals surface area contributed by atoms with Crippen LogP contribution < -0.4 is 9.88 Å². The molecule has 1 aliphatic rings. The molecule has 8 heteroatoms. The number of ether oxygens (including phenoxy) is 1. The normalized spacial score (nSPS) is 16.5. The van der Waals surface area contributed by atoms with E-state index < -0.39 is 16.1 Å². The maximum atomic E-state index is 12.8. The van der Waals surface area contributed by atoms with Crippen molar-refractivity contribution in [1.82, 2.24) is 4.31 Å². The van der Waals surface area contributed by atoms with Gasteiger partial charge in [0.2, 0.25) is 16.1 Å². The number of aromatic nitrogens is 1. The van der Waals surface area contributed by atoms with Crippen LogP contribution in [-0.2, 0) is 19.6 Å². The SMILES string of the molecule is Cc1ccc[n+]([C@H](C)C(=O)Nc2cccc(S(=O)(=O)N3CCOCC3)c2)c1C. The molecular formula is C20H26N3O4S+. The number of benzene rings is 1. The van der Waals surface area contributed by atoms with E-state index in [0.717, 1.165) is 11.3 Å². The molecular weight excluding hydrogens is 378 g/mol. The van der Waals surface area contributed by atoms with Gasteiger partial charge in [0.1, 0.15) is 0 Å². The molecule has 1 aromatic heterocycles. The molecule has 3 rings (SSSR count). The molecule has 0 aliphatic carbocycles. The van der Waals surface area contributed by atoms with Crippen molar-refractivity contribution < 1.29 is 22.5 Å². The number of nitrogens with one attached hydrogen (secondary N) is 1. The number of rotatable bonds is 5. The summed E-state index contributed by atoms with van der Waals surface area (Å²) in [7, 11) is -3.61. The predicted molar refractivity (Wildman–Crippen MR) is 105 cm³/mol. The van der Waals surface area contributed by atoms with Crippen LogP contribution in [0.5, 0.6) is 0 Å². The van der Waals surface area contributed by atoms with E-state index in [1.54, 1.807) is 18.2 Å². The third-order valence-electron chi connectivity index (χ3n) is 5.06. The van der Waals surface area contributed by atoms with Crippen molar-refractivity contribution in [1.29, 1.82) is 0 Å². The minimum absolute atomic E-state index is 0.166. The molecule has 0 saturated carbocycles. The van der Waals surface area contributed by atoms with Gasteiger partial charge in [-0.3, -0.25) is 4.79 Å². The van der Waals surface area contributed by atoms with Crippen molar-refractivity contribution in [3.63, 3.8) is 0 Å². The summed E-state index contributed by atoms with van der Waals surface area (Å²) in [6, 6.07) is 9.85. The van der Waals surface area contributed by atoms with Gasteiger partial charge in [-0.1, -0.05) is 6.07 Å². The first-order valence-electron chi connectivity index (χ1n) is 9.27. The highest BCUT2D eigenvalue weighted by molar-refractivity contribution is 7.89. The standard InChI is InChI=1S/C20H25N3O4S/c1-15-6-5-9-23(16(15)2)17(3)20(24)21-18-7-4-8-19(14-18)28(25,26)22-10-12-27-13-11-22/h4-9,14,17H,10-13H2,1-3H3/p+1/t17-/m1/s1. The lowest BCUT2D eigenvalue weighted by atomic mass is 10.2. The Hall–Kier alpha value is -2.29. The molecule has 150 valence electrons. The second-order valence-corrected chi connectivity index (χ2v) is 8.83. The predicted octanol–water partition coefficient (Wildman–Crippen LogP) is 1.81. The van der Waals surface area contributed by atoms with Crippen LogP contribution in [0.4, 0.5) is 5.69 Å². The summed E-state index contributed by atoms with van der Waals surface area (Å²) in [4.78, 5) is 12.9. The van der Waals surface area contributed by atoms with E-state index in [9.17, 15) is 13.2 Å². The zero-order chi connectivity index (χ0) is 20.3. The molecule has 2 aromatic rings. The molecule has 1 aromatic carbocycles. The smallest absolute Gasteiger partial charge is 0.293 e. The van der Waals surface area contributed by atoms with Crippen LogP contribution in [0.25, 0.3) is 0 Å². The Balaban J connectivity index is 1.79. The van der Waals surface area contributed by atoms with Crippen LogP contribution >= 0.6 is 0 Å². The maximum Gasteiger partial charge on any atom is 0.293 e. The minimum atomic E-state index is -3.61. The minimum Gasteiger partial charge on any atom is -0.379 e. The van der Waals surface area contributed by atoms with Crippen molar-refractivity contribution in [3.8, 4) is 0 Å². The zero-order valence-electron chi connectivity index (χ0n) is 16.4. The molecule has 1 aliphatic heterocycles. The van der Waals surface area contributed by atoms with Crippen molar-refractivity contribution in [2.24, 2.45) is 0 Å². The quantitative estimate of drug-likeness (QED) is 0.771. The van der Waals surface area contributed by atoms with Crippen LogP contribution in [0.3, 0.4) is 0 Å². The Morgan fingerprint density at radius 2 is 1.89 bits per heavy atom. The molecule has 2 heterocycles. The molecule has 0 unspecified atom stereocenters. The van der Waals surface area contributed by atoms with E-state index in [0.29, 0.717) is 32.0 Å². The third-order valence-corrected chi connectivity index (χ3v) is 6.95. The van der Waals surface area contributed by atoms with Gasteiger partial charge in [0.05, 0.1) is 18.1 Å². The Morgan fingerprint density at radius 1 is 1.18 bits per heavy atom. The van der Waals surface area contributed by atoms with E-state index in [1.165, 1.54) is 10.4 Å². The number of nitrogens with zero attached hydrogens (tertiary/aromatic N) is 2. The second kappa shape index (κ2) is 8.38. The van der Waals surface area contributed by atoms with Gasteiger partial charge in [-0.15, -0.1) is 0 Å². The molecule has 1 saturated heterocycles. The molecule has 1 N–H and O–H groups in total. The number of carbonyl (C=O) groups is 1. The summed E-state index contributed by atoms with van der Waals surface area (Å²) in [5.41, 5.74) is 2.56. The number of morpholine rings is 1. The molecule has 1 amide bonds. The van der Waals surface area contributed by atoms with Crippen molar-refractivity contribution in [2.75, 3.05) is 31.6 Å². The summed E-state index contributed by atoms with van der Waals surface area (Å²) in [5, 5.41) is 2.83. The average Bonchev–Trinajstić information content (AvgIpc) is 2.70. The van der Waals surface area contributed by atoms with Crippen molar-refractivity contribution >= 4 is 21.6 Å². The van der Waals surface area contributed by atoms with Crippen molar-refractivity contribution in [3.05, 3.63) is 53.9 Å². The fraction of sp³-hybridized carbons (Fsp3) is 0.400. The van der Waals surface area contributed by atoms with Gasteiger partial charge in [-0.25, -0.2) is 8.42 Å². The molecule has 0 bridgehead atoms. The van der Waals surface area contributed by atoms with E-state index in [1.807, 2.05) is 43.7 Å². The van der Waals surface area contributed by atoms with Crippen molar-refractivity contribution in [2.45, 2.75) is 31.7 Å². The topological polar surface area (TPSA) is 79.6 Å². The first-order valence-corrected chi connectivity index (χ1v) is 10.7. The summed E-state index contributed by atoms with van der Waals surface area (Å²) in [6.07, 6.45) is 1.87. The van der Waals surface area contributed by atoms with Crippen LogP contribution in [0.1, 0.15) is 24.2 Å². The molecule has 0 radical (unpaired) electrons. The molecule has 28 heavy (non-hydrogen) atoms. The molecule has 7 nitrogen and oxygen atoms in total. The number of hydrogen-bond donors (Lipinski definition) is 1. The third kappa shape index (κ3) is 4.24. The van der Waals surface area contributed by atoms with E-state index in [4.69, 9.17) is 4.74 Å². The molecule has 1 fully saturated rings. The zero-order valence-corrected chi connectivity index (χ0v) is 17.2. The highest BCUT2D eigenvalue weighted by Gasteiger charge is 2.28. The van der Waals surface area contributed by atoms with Crippen LogP contribution in [0, 0.1) is 13.8 Å². The van der Waals surface area contributed by atoms with Gasteiger partial charge in [0.15, 0.2) is 11.9 Å². The first-order chi connectivity index (χ1) is 13.3. The van der Waals surface area contributed by atoms with E-state index >= 15 is 0 Å². The van der Waals surface area contributed by atoms with Crippen LogP contribution in [0.15, 0.2) is 47.5 Å². The van der Waals surface area contributed by atoms with Gasteiger partial charge >= 0.3 is 0 Å². The van der Waals surface area contributed by atoms with Gasteiger partial charge in [0.25, 0.3) is 5.91 Å². The Morgan fingerprint density at radius 3 is 2.61 bits per heavy atom. The number of aryl methyl sites for hydroxylation is 1. The summed E-state index contributed by atoms with van der Waals surface area (Å²) in [6.45, 7) is 7.22. The summed E-state index contributed by atoms with van der Waals surface area (Å²) in [5.74, 6) is -0.209. The molecule has 0 spiro atoms. The van der Waals surface area contributed by atoms with Gasteiger partial charge in [-0.2, -0.15) is 8.87 Å². The number of hydrogen-bond acceptors (Lipinski definition) is 4. The van der Waals surface area contributed by atoms with Crippen LogP contribution in [-0.4, -0.2) is 44.9 Å². The number of amides is 1. The Kier molecular flexibility index (Phi) is 6.12. The summed E-state index contributed by atoms with van der Waals surface area (Å²) >= 11 is 0. The first kappa shape index (κ1) is 20.4. The lowest BCUT2D eigenvalue weighted by molar-refractivity contribution is -0.711. The fourth-order valence-corrected chi connectivity index (χ4v) is 4.63. The van der Waals surface area contributed by atoms with Gasteiger partial charge in [0, 0.05) is 44.3 Å². The Bertz CT molecular complexity index is 969. The van der Waals surface area contributed by atoms with Gasteiger partial charge in [-0.05, 0) is 31.2 Å². The monoisotopic (exact) mass is 404 g/mol. The number of anilines is 1. The fourth-order valence-electron chi connectivity index (χ4n) is 3.18. The van der Waals surface area contributed by atoms with Crippen LogP contribution in [0.2, 0.25) is 0 Å². The lowest BCUT2D eigenvalue weighted by Gasteiger charge is -2.26. The number of pyridine rings is 1. The largest absolute Gasteiger partial charge is 0.379 e. The van der Waals surface area contributed by atoms with E-state index in [2.05, 4.69) is 5.32 Å². The average molecular weight is 405 g/mol. The second-order valence-electron chi connectivity index (χ2n) is 6.89. The lowest BCUT2D eigenvalue weighted by Crippen LogP contribution is -2.47.